The van der Waals surface area contributed by atoms with Crippen LogP contribution in [-0.2, 0) is 4.79 Å². The number of amides is 1. The van der Waals surface area contributed by atoms with E-state index >= 15 is 0 Å². The summed E-state index contributed by atoms with van der Waals surface area (Å²) in [5, 5.41) is 11.0. The molecule has 70 valence electrons. The molecule has 3 nitrogen and oxygen atoms in total. The topological polar surface area (TPSA) is 49.3 Å². The van der Waals surface area contributed by atoms with Gasteiger partial charge in [0.05, 0.1) is 0 Å². The van der Waals surface area contributed by atoms with Crippen LogP contribution < -0.4 is 5.32 Å². The van der Waals surface area contributed by atoms with Gasteiger partial charge >= 0.3 is 0 Å². The molecule has 0 unspecified atom stereocenters. The zero-order chi connectivity index (χ0) is 9.61. The summed E-state index contributed by atoms with van der Waals surface area (Å²) in [6, 6.07) is 0. The lowest BCUT2D eigenvalue weighted by Gasteiger charge is -2.20. The van der Waals surface area contributed by atoms with Crippen LogP contribution in [0.2, 0.25) is 0 Å². The Morgan fingerprint density at radius 2 is 2.17 bits per heavy atom. The number of aliphatic hydroxyl groups is 1. The molecule has 0 aliphatic rings. The maximum Gasteiger partial charge on any atom is 0.245 e. The third-order valence-electron chi connectivity index (χ3n) is 1.50. The Bertz CT molecular complexity index is 173. The summed E-state index contributed by atoms with van der Waals surface area (Å²) in [4.78, 5) is 10.7. The van der Waals surface area contributed by atoms with E-state index in [1.54, 1.807) is 0 Å². The molecule has 0 rings (SSSR count). The molecule has 0 fully saturated rings. The first-order valence-corrected chi connectivity index (χ1v) is 4.03. The maximum absolute atomic E-state index is 10.7. The van der Waals surface area contributed by atoms with E-state index in [1.165, 1.54) is 0 Å². The summed E-state index contributed by atoms with van der Waals surface area (Å²) in [6.45, 7) is 6.09. The highest BCUT2D eigenvalue weighted by atomic mass is 16.3. The van der Waals surface area contributed by atoms with Crippen LogP contribution in [0.15, 0.2) is 12.2 Å². The number of rotatable bonds is 4. The zero-order valence-electron chi connectivity index (χ0n) is 7.92. The number of carbonyl (C=O) groups is 1. The Morgan fingerprint density at radius 3 is 2.58 bits per heavy atom. The van der Waals surface area contributed by atoms with Crippen LogP contribution in [0.5, 0.6) is 0 Å². The van der Waals surface area contributed by atoms with Crippen LogP contribution >= 0.6 is 0 Å². The van der Waals surface area contributed by atoms with Gasteiger partial charge in [0.2, 0.25) is 5.91 Å². The molecular weight excluding hydrogens is 154 g/mol. The summed E-state index contributed by atoms with van der Waals surface area (Å²) in [6.07, 6.45) is 3.97. The molecule has 0 heterocycles. The minimum absolute atomic E-state index is 0.0421. The second kappa shape index (κ2) is 4.93. The fourth-order valence-corrected chi connectivity index (χ4v) is 0.892. The van der Waals surface area contributed by atoms with E-state index in [4.69, 9.17) is 5.11 Å². The SMILES string of the molecule is CC=CC(C)(C)CNC(=O)CO. The Kier molecular flexibility index (Phi) is 4.59. The minimum atomic E-state index is -0.439. The van der Waals surface area contributed by atoms with Crippen molar-refractivity contribution >= 4 is 5.91 Å². The fraction of sp³-hybridized carbons (Fsp3) is 0.667. The van der Waals surface area contributed by atoms with E-state index < -0.39 is 6.61 Å². The van der Waals surface area contributed by atoms with Crippen LogP contribution in [0.25, 0.3) is 0 Å². The fourth-order valence-electron chi connectivity index (χ4n) is 0.892. The Labute approximate surface area is 73.5 Å². The molecule has 0 saturated carbocycles. The molecule has 1 amide bonds. The van der Waals surface area contributed by atoms with Gasteiger partial charge in [-0.05, 0) is 12.3 Å². The van der Waals surface area contributed by atoms with Crippen LogP contribution in [-0.4, -0.2) is 24.2 Å². The van der Waals surface area contributed by atoms with Gasteiger partial charge in [-0.2, -0.15) is 0 Å². The molecule has 3 heteroatoms. The van der Waals surface area contributed by atoms with Gasteiger partial charge in [-0.15, -0.1) is 0 Å². The normalized spacial score (nSPS) is 12.0. The monoisotopic (exact) mass is 171 g/mol. The molecule has 0 saturated heterocycles. The average molecular weight is 171 g/mol. The van der Waals surface area contributed by atoms with Gasteiger partial charge in [-0.3, -0.25) is 4.79 Å². The molecule has 0 aromatic heterocycles. The van der Waals surface area contributed by atoms with Crippen molar-refractivity contribution in [3.05, 3.63) is 12.2 Å². The van der Waals surface area contributed by atoms with E-state index in [0.717, 1.165) is 0 Å². The van der Waals surface area contributed by atoms with Crippen molar-refractivity contribution in [1.82, 2.24) is 5.32 Å². The molecule has 12 heavy (non-hydrogen) atoms. The van der Waals surface area contributed by atoms with Crippen LogP contribution in [0.4, 0.5) is 0 Å². The summed E-state index contributed by atoms with van der Waals surface area (Å²) < 4.78 is 0. The van der Waals surface area contributed by atoms with Gasteiger partial charge < -0.3 is 10.4 Å². The van der Waals surface area contributed by atoms with Crippen molar-refractivity contribution in [3.8, 4) is 0 Å². The van der Waals surface area contributed by atoms with E-state index in [0.29, 0.717) is 6.54 Å². The van der Waals surface area contributed by atoms with Gasteiger partial charge in [0, 0.05) is 6.54 Å². The standard InChI is InChI=1S/C9H17NO2/c1-4-5-9(2,3)7-10-8(12)6-11/h4-5,11H,6-7H2,1-3H3,(H,10,12). The van der Waals surface area contributed by atoms with Crippen LogP contribution in [0.3, 0.4) is 0 Å². The molecule has 0 spiro atoms. The smallest absolute Gasteiger partial charge is 0.245 e. The lowest BCUT2D eigenvalue weighted by atomic mass is 9.93. The Hall–Kier alpha value is -0.830. The van der Waals surface area contributed by atoms with Gasteiger partial charge in [0.15, 0.2) is 0 Å². The first kappa shape index (κ1) is 11.2. The number of hydrogen-bond acceptors (Lipinski definition) is 2. The molecule has 0 radical (unpaired) electrons. The Morgan fingerprint density at radius 1 is 1.58 bits per heavy atom. The average Bonchev–Trinajstić information content (AvgIpc) is 2.00. The van der Waals surface area contributed by atoms with Gasteiger partial charge in [-0.1, -0.05) is 26.0 Å². The van der Waals surface area contributed by atoms with E-state index in [1.807, 2.05) is 32.9 Å². The highest BCUT2D eigenvalue weighted by Crippen LogP contribution is 2.14. The van der Waals surface area contributed by atoms with Crippen molar-refractivity contribution in [3.63, 3.8) is 0 Å². The van der Waals surface area contributed by atoms with Crippen molar-refractivity contribution in [2.45, 2.75) is 20.8 Å². The van der Waals surface area contributed by atoms with E-state index in [2.05, 4.69) is 5.32 Å². The summed E-state index contributed by atoms with van der Waals surface area (Å²) in [5.74, 6) is -0.326. The molecule has 0 aromatic rings. The highest BCUT2D eigenvalue weighted by molar-refractivity contribution is 5.76. The first-order valence-electron chi connectivity index (χ1n) is 4.03. The van der Waals surface area contributed by atoms with Gasteiger partial charge in [0.1, 0.15) is 6.61 Å². The van der Waals surface area contributed by atoms with Crippen molar-refractivity contribution in [2.75, 3.05) is 13.2 Å². The number of aliphatic hydroxyl groups excluding tert-OH is 1. The molecule has 0 aromatic carbocycles. The molecule has 0 atom stereocenters. The van der Waals surface area contributed by atoms with E-state index in [9.17, 15) is 4.79 Å². The van der Waals surface area contributed by atoms with Crippen molar-refractivity contribution < 1.29 is 9.90 Å². The number of nitrogens with one attached hydrogen (secondary N) is 1. The molecular formula is C9H17NO2. The van der Waals surface area contributed by atoms with E-state index in [-0.39, 0.29) is 11.3 Å². The van der Waals surface area contributed by atoms with Crippen LogP contribution in [0, 0.1) is 5.41 Å². The largest absolute Gasteiger partial charge is 0.387 e. The predicted octanol–water partition coefficient (Wildman–Crippen LogP) is 0.697. The van der Waals surface area contributed by atoms with Crippen molar-refractivity contribution in [2.24, 2.45) is 5.41 Å². The van der Waals surface area contributed by atoms with Gasteiger partial charge in [0.25, 0.3) is 0 Å². The molecule has 0 aliphatic carbocycles. The summed E-state index contributed by atoms with van der Waals surface area (Å²) in [5.41, 5.74) is -0.0421. The highest BCUT2D eigenvalue weighted by Gasteiger charge is 2.13. The number of carbonyl (C=O) groups excluding carboxylic acids is 1. The summed E-state index contributed by atoms with van der Waals surface area (Å²) >= 11 is 0. The zero-order valence-corrected chi connectivity index (χ0v) is 7.92. The second-order valence-corrected chi connectivity index (χ2v) is 3.42. The number of hydrogen-bond donors (Lipinski definition) is 2. The van der Waals surface area contributed by atoms with Gasteiger partial charge in [-0.25, -0.2) is 0 Å². The Balaban J connectivity index is 3.83. The lowest BCUT2D eigenvalue weighted by Crippen LogP contribution is -2.34. The van der Waals surface area contributed by atoms with Crippen molar-refractivity contribution in [1.29, 1.82) is 0 Å². The third kappa shape index (κ3) is 4.91. The maximum atomic E-state index is 10.7. The predicted molar refractivity (Wildman–Crippen MR) is 48.7 cm³/mol. The molecule has 2 N–H and O–H groups in total. The third-order valence-corrected chi connectivity index (χ3v) is 1.50. The van der Waals surface area contributed by atoms with Crippen LogP contribution in [0.1, 0.15) is 20.8 Å². The molecule has 0 bridgehead atoms. The molecule has 0 aliphatic heterocycles. The quantitative estimate of drug-likeness (QED) is 0.612. The summed E-state index contributed by atoms with van der Waals surface area (Å²) in [7, 11) is 0. The number of allylic oxidation sites excluding steroid dienone is 1. The second-order valence-electron chi connectivity index (χ2n) is 3.42. The first-order chi connectivity index (χ1) is 5.52. The lowest BCUT2D eigenvalue weighted by molar-refractivity contribution is -0.124. The minimum Gasteiger partial charge on any atom is -0.387 e.